The van der Waals surface area contributed by atoms with E-state index in [1.54, 1.807) is 0 Å². The van der Waals surface area contributed by atoms with Crippen LogP contribution < -0.4 is 0 Å². The van der Waals surface area contributed by atoms with E-state index in [-0.39, 0.29) is 0 Å². The van der Waals surface area contributed by atoms with E-state index in [0.717, 1.165) is 0 Å². The van der Waals surface area contributed by atoms with Gasteiger partial charge >= 0.3 is 0 Å². The second-order valence-corrected chi connectivity index (χ2v) is 11.6. The van der Waals surface area contributed by atoms with Gasteiger partial charge in [0.05, 0.1) is 32.4 Å². The Morgan fingerprint density at radius 1 is 0.447 bits per heavy atom. The van der Waals surface area contributed by atoms with Crippen molar-refractivity contribution in [2.24, 2.45) is 4.99 Å². The zero-order chi connectivity index (χ0) is 28.4. The highest BCUT2D eigenvalue weighted by atomic mass is 15.3. The lowest BCUT2D eigenvalue weighted by atomic mass is 10.0. The minimum absolute atomic E-state index is 1.28. The van der Waals surface area contributed by atoms with Gasteiger partial charge in [-0.2, -0.15) is 5.26 Å². The second-order valence-electron chi connectivity index (χ2n) is 11.6. The molecule has 0 aliphatic heterocycles. The van der Waals surface area contributed by atoms with E-state index in [9.17, 15) is 0 Å². The predicted octanol–water partition coefficient (Wildman–Crippen LogP) is 11.5. The molecular weight excluding hydrogens is 464 g/mol. The number of rotatable bonds is 28. The molecule has 0 amide bonds. The molecule has 0 aliphatic carbocycles. The number of aliphatic imine (C=N–C) groups is 1. The van der Waals surface area contributed by atoms with E-state index in [2.05, 4.69) is 32.7 Å². The van der Waals surface area contributed by atoms with E-state index in [1.165, 1.54) is 197 Å². The molecule has 0 heterocycles. The van der Waals surface area contributed by atoms with Crippen molar-refractivity contribution in [3.8, 4) is 6.19 Å². The summed E-state index contributed by atoms with van der Waals surface area (Å²) in [5.41, 5.74) is 0. The first kappa shape index (κ1) is 39.0. The molecule has 0 bridgehead atoms. The van der Waals surface area contributed by atoms with Crippen molar-refractivity contribution >= 4 is 6.01 Å². The quantitative estimate of drug-likeness (QED) is 0.0427. The van der Waals surface area contributed by atoms with Gasteiger partial charge in [0.25, 0.3) is 0 Å². The van der Waals surface area contributed by atoms with Crippen molar-refractivity contribution < 1.29 is 4.48 Å². The predicted molar refractivity (Wildman–Crippen MR) is 170 cm³/mol. The fourth-order valence-corrected chi connectivity index (χ4v) is 5.60. The molecule has 0 fully saturated rings. The standard InChI is InChI=1S/C32H68N.C2N3/c1-5-9-13-17-18-19-20-21-22-23-24-28-32-33(29-25-14-10-6-2,30-26-15-11-7-3)31-27-16-12-8-4;3-1-5-2-4/h5-32H2,1-4H3;/q+1;-1. The van der Waals surface area contributed by atoms with Crippen LogP contribution in [0.3, 0.4) is 0 Å². The van der Waals surface area contributed by atoms with Crippen molar-refractivity contribution in [1.29, 1.82) is 5.26 Å². The van der Waals surface area contributed by atoms with E-state index in [4.69, 9.17) is 10.7 Å². The van der Waals surface area contributed by atoms with E-state index >= 15 is 0 Å². The van der Waals surface area contributed by atoms with Gasteiger partial charge in [0.1, 0.15) is 0 Å². The molecule has 0 aromatic carbocycles. The molecule has 224 valence electrons. The van der Waals surface area contributed by atoms with Crippen LogP contribution in [0.5, 0.6) is 0 Å². The van der Waals surface area contributed by atoms with Crippen LogP contribution in [0.15, 0.2) is 4.99 Å². The molecule has 0 N–H and O–H groups in total. The Hall–Kier alpha value is -1.17. The van der Waals surface area contributed by atoms with Crippen molar-refractivity contribution in [3.63, 3.8) is 0 Å². The van der Waals surface area contributed by atoms with E-state index in [1.807, 2.05) is 0 Å². The molecule has 4 nitrogen and oxygen atoms in total. The molecule has 0 atom stereocenters. The third-order valence-corrected chi connectivity index (χ3v) is 8.04. The number of unbranched alkanes of at least 4 members (excludes halogenated alkanes) is 20. The van der Waals surface area contributed by atoms with Crippen LogP contribution >= 0.6 is 0 Å². The Kier molecular flexibility index (Phi) is 34.7. The van der Waals surface area contributed by atoms with Crippen LogP contribution in [0.2, 0.25) is 0 Å². The summed E-state index contributed by atoms with van der Waals surface area (Å²) in [6, 6.07) is 1.28. The number of nitriles is 1. The van der Waals surface area contributed by atoms with Crippen LogP contribution in [0, 0.1) is 11.5 Å². The lowest BCUT2D eigenvalue weighted by Crippen LogP contribution is -2.50. The summed E-state index contributed by atoms with van der Waals surface area (Å²) < 4.78 is 1.47. The molecule has 0 aromatic rings. The lowest BCUT2D eigenvalue weighted by molar-refractivity contribution is -0.929. The van der Waals surface area contributed by atoms with Crippen LogP contribution in [0.4, 0.5) is 0 Å². The van der Waals surface area contributed by atoms with Crippen molar-refractivity contribution in [3.05, 3.63) is 5.41 Å². The van der Waals surface area contributed by atoms with Crippen molar-refractivity contribution in [1.82, 2.24) is 0 Å². The highest BCUT2D eigenvalue weighted by Crippen LogP contribution is 2.20. The SMILES string of the molecule is CCCCCCCCCCCCCC[N+](CCCCCC)(CCCCCC)CCCCCC.N#CN=C=[N-]. The molecule has 0 aromatic heterocycles. The first-order valence-electron chi connectivity index (χ1n) is 17.0. The Labute approximate surface area is 240 Å². The summed E-state index contributed by atoms with van der Waals surface area (Å²) in [7, 11) is 0. The van der Waals surface area contributed by atoms with Gasteiger partial charge in [-0.05, 0) is 51.4 Å². The Bertz CT molecular complexity index is 502. The van der Waals surface area contributed by atoms with Gasteiger partial charge in [-0.3, -0.25) is 0 Å². The van der Waals surface area contributed by atoms with Gasteiger partial charge in [0.2, 0.25) is 0 Å². The van der Waals surface area contributed by atoms with Gasteiger partial charge in [-0.15, -0.1) is 6.01 Å². The largest absolute Gasteiger partial charge is 0.422 e. The molecule has 0 radical (unpaired) electrons. The zero-order valence-electron chi connectivity index (χ0n) is 26.6. The van der Waals surface area contributed by atoms with Gasteiger partial charge in [-0.1, -0.05) is 130 Å². The Balaban J connectivity index is 0. The Morgan fingerprint density at radius 3 is 0.895 bits per heavy atom. The summed E-state index contributed by atoms with van der Waals surface area (Å²) in [4.78, 5) is 2.58. The minimum Gasteiger partial charge on any atom is -0.422 e. The van der Waals surface area contributed by atoms with Crippen molar-refractivity contribution in [2.75, 3.05) is 26.2 Å². The van der Waals surface area contributed by atoms with Gasteiger partial charge < -0.3 is 14.9 Å². The second kappa shape index (κ2) is 33.9. The van der Waals surface area contributed by atoms with Gasteiger partial charge in [0.15, 0.2) is 0 Å². The van der Waals surface area contributed by atoms with E-state index in [0.29, 0.717) is 0 Å². The van der Waals surface area contributed by atoms with Gasteiger partial charge in [-0.25, -0.2) is 0 Å². The molecule has 0 aliphatic rings. The zero-order valence-corrected chi connectivity index (χ0v) is 26.6. The summed E-state index contributed by atoms with van der Waals surface area (Å²) in [6.45, 7) is 15.2. The fraction of sp³-hybridized carbons (Fsp3) is 0.941. The van der Waals surface area contributed by atoms with Crippen LogP contribution in [0.1, 0.15) is 182 Å². The number of quaternary nitrogens is 1. The third-order valence-electron chi connectivity index (χ3n) is 8.04. The lowest BCUT2D eigenvalue weighted by Gasteiger charge is -2.39. The highest BCUT2D eigenvalue weighted by molar-refractivity contribution is 5.46. The number of nitrogens with zero attached hydrogens (tertiary/aromatic N) is 4. The fourth-order valence-electron chi connectivity index (χ4n) is 5.60. The molecular formula is C34H68N4. The maximum absolute atomic E-state index is 7.43. The van der Waals surface area contributed by atoms with Crippen LogP contribution in [-0.2, 0) is 0 Å². The summed E-state index contributed by atoms with van der Waals surface area (Å²) >= 11 is 0. The van der Waals surface area contributed by atoms with Crippen LogP contribution in [-0.4, -0.2) is 36.7 Å². The number of hydrogen-bond donors (Lipinski definition) is 0. The topological polar surface area (TPSA) is 58.5 Å². The average Bonchev–Trinajstić information content (AvgIpc) is 2.93. The summed E-state index contributed by atoms with van der Waals surface area (Å²) in [5, 5.41) is 14.9. The molecule has 0 rings (SSSR count). The summed E-state index contributed by atoms with van der Waals surface area (Å²) in [5.74, 6) is 0. The maximum Gasteiger partial charge on any atom is 0.0925 e. The molecule has 0 saturated heterocycles. The first-order chi connectivity index (χ1) is 18.7. The molecule has 0 unspecified atom stereocenters. The minimum atomic E-state index is 1.28. The average molecular weight is 533 g/mol. The third kappa shape index (κ3) is 29.4. The maximum atomic E-state index is 7.43. The Morgan fingerprint density at radius 2 is 0.684 bits per heavy atom. The summed E-state index contributed by atoms with van der Waals surface area (Å²) in [6.07, 6.45) is 36.1. The van der Waals surface area contributed by atoms with Crippen LogP contribution in [0.25, 0.3) is 5.41 Å². The molecule has 0 spiro atoms. The smallest absolute Gasteiger partial charge is 0.0925 e. The molecule has 0 saturated carbocycles. The monoisotopic (exact) mass is 533 g/mol. The first-order valence-corrected chi connectivity index (χ1v) is 17.0. The molecule has 38 heavy (non-hydrogen) atoms. The normalized spacial score (nSPS) is 10.9. The van der Waals surface area contributed by atoms with Crippen molar-refractivity contribution in [2.45, 2.75) is 182 Å². The number of hydrogen-bond acceptors (Lipinski definition) is 2. The van der Waals surface area contributed by atoms with Gasteiger partial charge in [0, 0.05) is 0 Å². The highest BCUT2D eigenvalue weighted by Gasteiger charge is 2.25. The van der Waals surface area contributed by atoms with E-state index < -0.39 is 0 Å². The molecule has 4 heteroatoms.